The van der Waals surface area contributed by atoms with Crippen LogP contribution in [0, 0.1) is 29.6 Å². The second-order valence-electron chi connectivity index (χ2n) is 3.87. The predicted molar refractivity (Wildman–Crippen MR) is 61.0 cm³/mol. The molecule has 0 spiro atoms. The van der Waals surface area contributed by atoms with Gasteiger partial charge in [0, 0.05) is 17.0 Å². The van der Waals surface area contributed by atoms with Crippen molar-refractivity contribution >= 4 is 11.0 Å². The molecule has 0 bridgehead atoms. The van der Waals surface area contributed by atoms with Crippen molar-refractivity contribution in [1.82, 2.24) is 0 Å². The fraction of sp³-hybridized carbons (Fsp3) is 0.231. The van der Waals surface area contributed by atoms with Gasteiger partial charge in [0.15, 0.2) is 0 Å². The summed E-state index contributed by atoms with van der Waals surface area (Å²) in [7, 11) is 0. The number of rotatable bonds is 1. The fourth-order valence-corrected chi connectivity index (χ4v) is 1.99. The number of aliphatic hydroxyl groups excluding tert-OH is 1. The van der Waals surface area contributed by atoms with Crippen molar-refractivity contribution in [1.29, 1.82) is 10.5 Å². The van der Waals surface area contributed by atoms with Crippen molar-refractivity contribution in [2.75, 3.05) is 0 Å². The highest BCUT2D eigenvalue weighted by molar-refractivity contribution is 5.85. The average molecular weight is 226 g/mol. The summed E-state index contributed by atoms with van der Waals surface area (Å²) in [6, 6.07) is 7.04. The molecule has 1 atom stereocenters. The van der Waals surface area contributed by atoms with Crippen LogP contribution in [0.2, 0.25) is 0 Å². The molecular weight excluding hydrogens is 216 g/mol. The van der Waals surface area contributed by atoms with E-state index in [2.05, 4.69) is 0 Å². The molecule has 1 unspecified atom stereocenters. The Morgan fingerprint density at radius 3 is 2.35 bits per heavy atom. The van der Waals surface area contributed by atoms with E-state index in [1.165, 1.54) is 6.07 Å². The Morgan fingerprint density at radius 1 is 1.24 bits per heavy atom. The van der Waals surface area contributed by atoms with Gasteiger partial charge in [-0.05, 0) is 19.9 Å². The quantitative estimate of drug-likeness (QED) is 0.810. The minimum absolute atomic E-state index is 0.283. The number of hydrogen-bond donors (Lipinski definition) is 1. The van der Waals surface area contributed by atoms with Gasteiger partial charge in [-0.25, -0.2) is 0 Å². The molecule has 0 saturated heterocycles. The van der Waals surface area contributed by atoms with E-state index in [-0.39, 0.29) is 5.56 Å². The zero-order valence-electron chi connectivity index (χ0n) is 9.48. The molecule has 1 heterocycles. The van der Waals surface area contributed by atoms with E-state index in [0.717, 1.165) is 0 Å². The lowest BCUT2D eigenvalue weighted by molar-refractivity contribution is 0.198. The molecule has 2 aromatic rings. The van der Waals surface area contributed by atoms with Crippen LogP contribution in [0.5, 0.6) is 0 Å². The molecule has 84 valence electrons. The van der Waals surface area contributed by atoms with Crippen molar-refractivity contribution in [3.63, 3.8) is 0 Å². The number of nitriles is 2. The van der Waals surface area contributed by atoms with Gasteiger partial charge in [-0.2, -0.15) is 10.5 Å². The Morgan fingerprint density at radius 2 is 1.82 bits per heavy atom. The van der Waals surface area contributed by atoms with Crippen molar-refractivity contribution in [2.45, 2.75) is 20.0 Å². The molecule has 0 aliphatic carbocycles. The van der Waals surface area contributed by atoms with Gasteiger partial charge >= 0.3 is 0 Å². The third-order valence-electron chi connectivity index (χ3n) is 2.71. The van der Waals surface area contributed by atoms with Crippen molar-refractivity contribution in [2.24, 2.45) is 0 Å². The molecule has 0 amide bonds. The summed E-state index contributed by atoms with van der Waals surface area (Å²) in [4.78, 5) is 0. The standard InChI is InChI=1S/C13H10N2O2/c1-7(16)13-8(2)17-12-4-10(6-15)9(5-14)3-11(12)13/h3-4,7,16H,1-2H3. The number of furan rings is 1. The first kappa shape index (κ1) is 11.2. The monoisotopic (exact) mass is 226 g/mol. The van der Waals surface area contributed by atoms with Gasteiger partial charge in [0.2, 0.25) is 0 Å². The van der Waals surface area contributed by atoms with E-state index in [4.69, 9.17) is 14.9 Å². The molecule has 1 aromatic carbocycles. The maximum absolute atomic E-state index is 9.67. The first-order chi connectivity index (χ1) is 8.08. The summed E-state index contributed by atoms with van der Waals surface area (Å²) in [5, 5.41) is 28.2. The lowest BCUT2D eigenvalue weighted by Gasteiger charge is -2.02. The van der Waals surface area contributed by atoms with Gasteiger partial charge in [-0.3, -0.25) is 0 Å². The lowest BCUT2D eigenvalue weighted by Crippen LogP contribution is -1.92. The van der Waals surface area contributed by atoms with E-state index in [1.807, 2.05) is 12.1 Å². The van der Waals surface area contributed by atoms with Crippen LogP contribution in [0.4, 0.5) is 0 Å². The van der Waals surface area contributed by atoms with E-state index in [1.54, 1.807) is 19.9 Å². The minimum atomic E-state index is -0.671. The topological polar surface area (TPSA) is 81.0 Å². The SMILES string of the molecule is Cc1oc2cc(C#N)c(C#N)cc2c1C(C)O. The molecule has 4 heteroatoms. The minimum Gasteiger partial charge on any atom is -0.461 e. The predicted octanol–water partition coefficient (Wildman–Crippen LogP) is 2.54. The van der Waals surface area contributed by atoms with Gasteiger partial charge in [0.25, 0.3) is 0 Å². The summed E-state index contributed by atoms with van der Waals surface area (Å²) >= 11 is 0. The van der Waals surface area contributed by atoms with Gasteiger partial charge < -0.3 is 9.52 Å². The Bertz CT molecular complexity index is 669. The van der Waals surface area contributed by atoms with Gasteiger partial charge in [0.05, 0.1) is 17.2 Å². The van der Waals surface area contributed by atoms with Crippen molar-refractivity contribution in [3.8, 4) is 12.1 Å². The summed E-state index contributed by atoms with van der Waals surface area (Å²) in [6.07, 6.45) is -0.671. The largest absolute Gasteiger partial charge is 0.461 e. The van der Waals surface area contributed by atoms with Crippen molar-refractivity contribution in [3.05, 3.63) is 34.6 Å². The molecule has 4 nitrogen and oxygen atoms in total. The van der Waals surface area contributed by atoms with Crippen LogP contribution >= 0.6 is 0 Å². The molecule has 1 N–H and O–H groups in total. The first-order valence-electron chi connectivity index (χ1n) is 5.13. The smallest absolute Gasteiger partial charge is 0.136 e. The van der Waals surface area contributed by atoms with Crippen LogP contribution in [0.25, 0.3) is 11.0 Å². The first-order valence-corrected chi connectivity index (χ1v) is 5.13. The fourth-order valence-electron chi connectivity index (χ4n) is 1.99. The highest BCUT2D eigenvalue weighted by atomic mass is 16.3. The third-order valence-corrected chi connectivity index (χ3v) is 2.71. The Balaban J connectivity index is 2.86. The number of aryl methyl sites for hydroxylation is 1. The highest BCUT2D eigenvalue weighted by Crippen LogP contribution is 2.32. The zero-order valence-corrected chi connectivity index (χ0v) is 9.48. The second-order valence-corrected chi connectivity index (χ2v) is 3.87. The zero-order chi connectivity index (χ0) is 12.6. The third kappa shape index (κ3) is 1.65. The van der Waals surface area contributed by atoms with Gasteiger partial charge in [-0.1, -0.05) is 0 Å². The summed E-state index contributed by atoms with van der Waals surface area (Å²) < 4.78 is 5.48. The van der Waals surface area contributed by atoms with E-state index in [0.29, 0.717) is 27.9 Å². The summed E-state index contributed by atoms with van der Waals surface area (Å²) in [5.41, 5.74) is 1.77. The Hall–Kier alpha value is -2.30. The number of aliphatic hydroxyl groups is 1. The summed E-state index contributed by atoms with van der Waals surface area (Å²) in [6.45, 7) is 3.39. The second kappa shape index (κ2) is 3.93. The van der Waals surface area contributed by atoms with Crippen LogP contribution in [0.3, 0.4) is 0 Å². The molecular formula is C13H10N2O2. The van der Waals surface area contributed by atoms with E-state index < -0.39 is 6.10 Å². The maximum Gasteiger partial charge on any atom is 0.136 e. The Labute approximate surface area is 98.3 Å². The Kier molecular flexibility index (Phi) is 2.59. The van der Waals surface area contributed by atoms with Crippen LogP contribution in [0.15, 0.2) is 16.5 Å². The molecule has 0 aliphatic rings. The molecule has 1 aromatic heterocycles. The van der Waals surface area contributed by atoms with E-state index >= 15 is 0 Å². The molecule has 0 saturated carbocycles. The summed E-state index contributed by atoms with van der Waals surface area (Å²) in [5.74, 6) is 0.606. The molecule has 0 aliphatic heterocycles. The van der Waals surface area contributed by atoms with Crippen LogP contribution in [0.1, 0.15) is 35.5 Å². The average Bonchev–Trinajstić information content (AvgIpc) is 2.61. The van der Waals surface area contributed by atoms with Gasteiger partial charge in [0.1, 0.15) is 23.5 Å². The van der Waals surface area contributed by atoms with Crippen molar-refractivity contribution < 1.29 is 9.52 Å². The number of hydrogen-bond acceptors (Lipinski definition) is 4. The van der Waals surface area contributed by atoms with Crippen LogP contribution < -0.4 is 0 Å². The number of benzene rings is 1. The highest BCUT2D eigenvalue weighted by Gasteiger charge is 2.17. The maximum atomic E-state index is 9.67. The lowest BCUT2D eigenvalue weighted by atomic mass is 10.0. The molecule has 2 rings (SSSR count). The van der Waals surface area contributed by atoms with E-state index in [9.17, 15) is 5.11 Å². The number of nitrogens with zero attached hydrogens (tertiary/aromatic N) is 2. The number of fused-ring (bicyclic) bond motifs is 1. The van der Waals surface area contributed by atoms with Gasteiger partial charge in [-0.15, -0.1) is 0 Å². The van der Waals surface area contributed by atoms with Crippen LogP contribution in [-0.2, 0) is 0 Å². The molecule has 0 fully saturated rings. The normalized spacial score (nSPS) is 12.1. The van der Waals surface area contributed by atoms with Crippen LogP contribution in [-0.4, -0.2) is 5.11 Å². The molecule has 17 heavy (non-hydrogen) atoms. The molecule has 0 radical (unpaired) electrons.